The third-order valence-corrected chi connectivity index (χ3v) is 10.5. The molecular formula is C43H82O10. The molecule has 1 aliphatic heterocycles. The highest BCUT2D eigenvalue weighted by atomic mass is 16.7. The van der Waals surface area contributed by atoms with Gasteiger partial charge in [-0.3, -0.25) is 9.59 Å². The smallest absolute Gasteiger partial charge is 0.306 e. The molecule has 0 bridgehead atoms. The van der Waals surface area contributed by atoms with Crippen molar-refractivity contribution in [1.82, 2.24) is 0 Å². The van der Waals surface area contributed by atoms with E-state index in [1.54, 1.807) is 0 Å². The van der Waals surface area contributed by atoms with Gasteiger partial charge in [-0.25, -0.2) is 0 Å². The molecule has 0 spiro atoms. The number of carbonyl (C=O) groups is 2. The molecule has 1 heterocycles. The van der Waals surface area contributed by atoms with Crippen LogP contribution in [0.2, 0.25) is 0 Å². The minimum atomic E-state index is -1.59. The molecule has 0 aliphatic carbocycles. The fourth-order valence-corrected chi connectivity index (χ4v) is 6.95. The highest BCUT2D eigenvalue weighted by Crippen LogP contribution is 2.23. The van der Waals surface area contributed by atoms with Crippen LogP contribution in [0.4, 0.5) is 0 Å². The van der Waals surface area contributed by atoms with Crippen LogP contribution in [-0.4, -0.2) is 89.0 Å². The highest BCUT2D eigenvalue weighted by Gasteiger charge is 2.44. The van der Waals surface area contributed by atoms with E-state index in [0.717, 1.165) is 38.5 Å². The number of hydrogen-bond donors (Lipinski definition) is 4. The zero-order valence-electron chi connectivity index (χ0n) is 34.0. The van der Waals surface area contributed by atoms with E-state index in [4.69, 9.17) is 18.9 Å². The molecule has 0 aromatic heterocycles. The van der Waals surface area contributed by atoms with Crippen LogP contribution in [0.3, 0.4) is 0 Å². The Kier molecular flexibility index (Phi) is 33.0. The van der Waals surface area contributed by atoms with Crippen LogP contribution in [0.1, 0.15) is 206 Å². The maximum Gasteiger partial charge on any atom is 0.306 e. The van der Waals surface area contributed by atoms with Crippen molar-refractivity contribution in [2.45, 2.75) is 243 Å². The van der Waals surface area contributed by atoms with E-state index in [2.05, 4.69) is 13.8 Å². The van der Waals surface area contributed by atoms with E-state index < -0.39 is 49.4 Å². The summed E-state index contributed by atoms with van der Waals surface area (Å²) in [7, 11) is 0. The third kappa shape index (κ3) is 27.0. The molecule has 6 atom stereocenters. The lowest BCUT2D eigenvalue weighted by Gasteiger charge is -2.39. The van der Waals surface area contributed by atoms with Crippen LogP contribution in [-0.2, 0) is 28.5 Å². The normalized spacial score (nSPS) is 20.8. The molecule has 0 saturated carbocycles. The third-order valence-electron chi connectivity index (χ3n) is 10.5. The van der Waals surface area contributed by atoms with E-state index >= 15 is 0 Å². The average Bonchev–Trinajstić information content (AvgIpc) is 3.15. The van der Waals surface area contributed by atoms with Crippen molar-refractivity contribution < 1.29 is 49.0 Å². The van der Waals surface area contributed by atoms with E-state index in [1.807, 2.05) is 0 Å². The quantitative estimate of drug-likeness (QED) is 0.0357. The van der Waals surface area contributed by atoms with Gasteiger partial charge in [0.2, 0.25) is 0 Å². The van der Waals surface area contributed by atoms with Gasteiger partial charge in [-0.15, -0.1) is 0 Å². The maximum atomic E-state index is 12.7. The van der Waals surface area contributed by atoms with Crippen molar-refractivity contribution in [3.8, 4) is 0 Å². The lowest BCUT2D eigenvalue weighted by Crippen LogP contribution is -2.59. The molecule has 2 unspecified atom stereocenters. The Morgan fingerprint density at radius 2 is 0.887 bits per heavy atom. The molecule has 4 N–H and O–H groups in total. The van der Waals surface area contributed by atoms with E-state index in [-0.39, 0.29) is 32.0 Å². The molecule has 314 valence electrons. The van der Waals surface area contributed by atoms with Crippen LogP contribution in [0.15, 0.2) is 0 Å². The number of unbranched alkanes of at least 4 members (excludes halogenated alkanes) is 26. The summed E-state index contributed by atoms with van der Waals surface area (Å²) >= 11 is 0. The summed E-state index contributed by atoms with van der Waals surface area (Å²) in [6.45, 7) is 3.42. The summed E-state index contributed by atoms with van der Waals surface area (Å²) in [5.41, 5.74) is 0. The molecule has 10 nitrogen and oxygen atoms in total. The summed E-state index contributed by atoms with van der Waals surface area (Å²) in [6.07, 6.45) is 26.9. The number of ether oxygens (including phenoxy) is 4. The van der Waals surface area contributed by atoms with Gasteiger partial charge in [-0.1, -0.05) is 181 Å². The van der Waals surface area contributed by atoms with E-state index in [9.17, 15) is 30.0 Å². The summed E-state index contributed by atoms with van der Waals surface area (Å²) in [5, 5.41) is 40.0. The summed E-state index contributed by atoms with van der Waals surface area (Å²) in [6, 6.07) is 0. The van der Waals surface area contributed by atoms with Crippen molar-refractivity contribution in [3.05, 3.63) is 0 Å². The van der Waals surface area contributed by atoms with Crippen molar-refractivity contribution in [2.75, 3.05) is 19.8 Å². The Bertz CT molecular complexity index is 840. The predicted octanol–water partition coefficient (Wildman–Crippen LogP) is 9.00. The van der Waals surface area contributed by atoms with Crippen molar-refractivity contribution in [2.24, 2.45) is 0 Å². The van der Waals surface area contributed by atoms with Gasteiger partial charge >= 0.3 is 11.9 Å². The van der Waals surface area contributed by atoms with Gasteiger partial charge in [0, 0.05) is 12.8 Å². The Morgan fingerprint density at radius 1 is 0.509 bits per heavy atom. The van der Waals surface area contributed by atoms with Gasteiger partial charge in [0.15, 0.2) is 12.4 Å². The molecule has 1 fully saturated rings. The molecule has 0 aromatic carbocycles. The first-order chi connectivity index (χ1) is 25.8. The molecule has 1 saturated heterocycles. The monoisotopic (exact) mass is 759 g/mol. The second-order valence-corrected chi connectivity index (χ2v) is 15.5. The fourth-order valence-electron chi connectivity index (χ4n) is 6.95. The van der Waals surface area contributed by atoms with Gasteiger partial charge in [0.25, 0.3) is 0 Å². The Balaban J connectivity index is 2.27. The molecule has 1 aliphatic rings. The largest absolute Gasteiger partial charge is 0.462 e. The minimum Gasteiger partial charge on any atom is -0.462 e. The first kappa shape index (κ1) is 49.7. The van der Waals surface area contributed by atoms with Crippen LogP contribution < -0.4 is 0 Å². The topological polar surface area (TPSA) is 152 Å². The van der Waals surface area contributed by atoms with Gasteiger partial charge in [0.1, 0.15) is 31.0 Å². The van der Waals surface area contributed by atoms with Gasteiger partial charge < -0.3 is 39.4 Å². The number of hydrogen-bond acceptors (Lipinski definition) is 10. The van der Waals surface area contributed by atoms with E-state index in [0.29, 0.717) is 6.42 Å². The second kappa shape index (κ2) is 35.1. The number of aliphatic hydroxyl groups is 4. The van der Waals surface area contributed by atoms with Gasteiger partial charge in [-0.05, 0) is 12.8 Å². The first-order valence-electron chi connectivity index (χ1n) is 22.1. The lowest BCUT2D eigenvalue weighted by molar-refractivity contribution is -0.305. The predicted molar refractivity (Wildman–Crippen MR) is 210 cm³/mol. The first-order valence-corrected chi connectivity index (χ1v) is 22.1. The number of aliphatic hydroxyl groups excluding tert-OH is 4. The van der Waals surface area contributed by atoms with Crippen molar-refractivity contribution in [1.29, 1.82) is 0 Å². The van der Waals surface area contributed by atoms with Crippen LogP contribution >= 0.6 is 0 Å². The average molecular weight is 759 g/mol. The fraction of sp³-hybridized carbons (Fsp3) is 0.953. The van der Waals surface area contributed by atoms with Crippen LogP contribution in [0.25, 0.3) is 0 Å². The standard InChI is InChI=1S/C43H82O10/c1-3-5-7-9-11-13-14-15-16-17-18-19-20-21-22-24-26-28-30-32-39(46)52-36(35-51-43-42(49)41(48)40(47)37(33-44)53-43)34-50-38(45)31-29-27-25-23-12-10-8-6-4-2/h36-37,40-44,47-49H,3-35H2,1-2H3/t36-,37-,40+,41?,42?,43-/m1/s1. The Morgan fingerprint density at radius 3 is 1.28 bits per heavy atom. The van der Waals surface area contributed by atoms with E-state index in [1.165, 1.54) is 135 Å². The van der Waals surface area contributed by atoms with Crippen molar-refractivity contribution in [3.63, 3.8) is 0 Å². The molecule has 0 aromatic rings. The maximum absolute atomic E-state index is 12.7. The van der Waals surface area contributed by atoms with Crippen LogP contribution in [0, 0.1) is 0 Å². The molecule has 0 radical (unpaired) electrons. The van der Waals surface area contributed by atoms with Gasteiger partial charge in [-0.2, -0.15) is 0 Å². The molecule has 1 rings (SSSR count). The zero-order valence-corrected chi connectivity index (χ0v) is 34.0. The van der Waals surface area contributed by atoms with Crippen LogP contribution in [0.5, 0.6) is 0 Å². The SMILES string of the molecule is CCCCCCCCCCCCCCCCCCCCCC(=O)O[C@H](COC(=O)CCCCCCCCCCC)CO[C@@H]1O[C@H](CO)[C@H](O)C(O)C1O. The summed E-state index contributed by atoms with van der Waals surface area (Å²) in [4.78, 5) is 25.2. The number of rotatable bonds is 37. The minimum absolute atomic E-state index is 0.210. The zero-order chi connectivity index (χ0) is 38.8. The molecule has 0 amide bonds. The van der Waals surface area contributed by atoms with Gasteiger partial charge in [0.05, 0.1) is 13.2 Å². The number of carbonyl (C=O) groups excluding carboxylic acids is 2. The summed E-state index contributed by atoms with van der Waals surface area (Å²) < 4.78 is 22.1. The second-order valence-electron chi connectivity index (χ2n) is 15.5. The highest BCUT2D eigenvalue weighted by molar-refractivity contribution is 5.70. The molecular weight excluding hydrogens is 676 g/mol. The summed E-state index contributed by atoms with van der Waals surface area (Å²) in [5.74, 6) is -0.796. The van der Waals surface area contributed by atoms with Crippen molar-refractivity contribution >= 4 is 11.9 Å². The Hall–Kier alpha value is -1.30. The number of esters is 2. The molecule has 10 heteroatoms. The molecule has 53 heavy (non-hydrogen) atoms. The lowest BCUT2D eigenvalue weighted by atomic mass is 9.99. The Labute approximate surface area is 323 Å².